The average molecular weight is 269 g/mol. The van der Waals surface area contributed by atoms with Gasteiger partial charge in [-0.1, -0.05) is 0 Å². The first-order chi connectivity index (χ1) is 8.89. The first-order valence-electron chi connectivity index (χ1n) is 7.31. The number of hydrogen-bond donors (Lipinski definition) is 1. The number of rotatable bonds is 2. The van der Waals surface area contributed by atoms with Crippen LogP contribution in [0, 0.1) is 5.92 Å². The van der Waals surface area contributed by atoms with Gasteiger partial charge in [-0.2, -0.15) is 0 Å². The van der Waals surface area contributed by atoms with Crippen LogP contribution >= 0.6 is 0 Å². The number of ether oxygens (including phenoxy) is 1. The maximum atomic E-state index is 12.1. The van der Waals surface area contributed by atoms with Crippen molar-refractivity contribution in [1.82, 2.24) is 9.80 Å². The summed E-state index contributed by atoms with van der Waals surface area (Å²) in [5.74, 6) is 0.702. The molecule has 0 radical (unpaired) electrons. The minimum Gasteiger partial charge on any atom is -0.444 e. The second kappa shape index (κ2) is 5.67. The minimum atomic E-state index is -0.411. The Morgan fingerprint density at radius 2 is 2.05 bits per heavy atom. The molecule has 0 aromatic rings. The average Bonchev–Trinajstić information content (AvgIpc) is 2.68. The number of piperazine rings is 1. The van der Waals surface area contributed by atoms with Crippen molar-refractivity contribution >= 4 is 6.09 Å². The lowest BCUT2D eigenvalue weighted by Crippen LogP contribution is -2.53. The minimum absolute atomic E-state index is 0.172. The fraction of sp³-hybridized carbons (Fsp3) is 0.929. The number of carbonyl (C=O) groups is 1. The smallest absolute Gasteiger partial charge is 0.410 e. The summed E-state index contributed by atoms with van der Waals surface area (Å²) in [4.78, 5) is 16.4. The summed E-state index contributed by atoms with van der Waals surface area (Å²) in [6.07, 6.45) is 2.09. The van der Waals surface area contributed by atoms with Gasteiger partial charge >= 0.3 is 6.09 Å². The van der Waals surface area contributed by atoms with Crippen molar-refractivity contribution < 1.29 is 9.53 Å². The molecule has 2 atom stereocenters. The third-order valence-electron chi connectivity index (χ3n) is 3.93. The molecule has 2 heterocycles. The zero-order valence-corrected chi connectivity index (χ0v) is 12.4. The molecule has 5 nitrogen and oxygen atoms in total. The standard InChI is InChI=1S/C14H27N3O2/c1-14(2,3)19-13(18)17-7-6-16-9-11(4-5-15)8-12(16)10-17/h11-12H,4-10,15H2,1-3H3. The Labute approximate surface area is 116 Å². The Hall–Kier alpha value is -0.810. The van der Waals surface area contributed by atoms with E-state index in [1.165, 1.54) is 0 Å². The van der Waals surface area contributed by atoms with Gasteiger partial charge in [0.05, 0.1) is 0 Å². The third kappa shape index (κ3) is 3.83. The Kier molecular flexibility index (Phi) is 4.36. The maximum Gasteiger partial charge on any atom is 0.410 e. The highest BCUT2D eigenvalue weighted by molar-refractivity contribution is 5.68. The monoisotopic (exact) mass is 269 g/mol. The van der Waals surface area contributed by atoms with Gasteiger partial charge in [-0.15, -0.1) is 0 Å². The highest BCUT2D eigenvalue weighted by atomic mass is 16.6. The van der Waals surface area contributed by atoms with Gasteiger partial charge in [0.2, 0.25) is 0 Å². The molecule has 19 heavy (non-hydrogen) atoms. The molecule has 110 valence electrons. The van der Waals surface area contributed by atoms with Crippen LogP contribution in [0.5, 0.6) is 0 Å². The van der Waals surface area contributed by atoms with Gasteiger partial charge in [0.25, 0.3) is 0 Å². The molecule has 2 N–H and O–H groups in total. The molecule has 0 aromatic carbocycles. The maximum absolute atomic E-state index is 12.1. The summed E-state index contributed by atoms with van der Waals surface area (Å²) in [6.45, 7) is 10.2. The molecule has 0 spiro atoms. The van der Waals surface area contributed by atoms with E-state index in [0.717, 1.165) is 45.6 Å². The number of carbonyl (C=O) groups excluding carboxylic acids is 1. The van der Waals surface area contributed by atoms with Crippen LogP contribution in [0.2, 0.25) is 0 Å². The largest absolute Gasteiger partial charge is 0.444 e. The third-order valence-corrected chi connectivity index (χ3v) is 3.93. The van der Waals surface area contributed by atoms with Gasteiger partial charge in [-0.25, -0.2) is 4.79 Å². The number of hydrogen-bond acceptors (Lipinski definition) is 4. The highest BCUT2D eigenvalue weighted by Gasteiger charge is 2.37. The van der Waals surface area contributed by atoms with Crippen LogP contribution in [0.25, 0.3) is 0 Å². The molecule has 2 rings (SSSR count). The predicted molar refractivity (Wildman–Crippen MR) is 74.9 cm³/mol. The van der Waals surface area contributed by atoms with E-state index in [1.807, 2.05) is 25.7 Å². The molecular weight excluding hydrogens is 242 g/mol. The van der Waals surface area contributed by atoms with Gasteiger partial charge in [-0.3, -0.25) is 4.90 Å². The van der Waals surface area contributed by atoms with Crippen LogP contribution in [0.4, 0.5) is 4.79 Å². The lowest BCUT2D eigenvalue weighted by Gasteiger charge is -2.37. The topological polar surface area (TPSA) is 58.8 Å². The molecule has 2 aliphatic rings. The molecule has 2 saturated heterocycles. The van der Waals surface area contributed by atoms with Gasteiger partial charge in [0.1, 0.15) is 5.60 Å². The van der Waals surface area contributed by atoms with Crippen LogP contribution in [0.3, 0.4) is 0 Å². The van der Waals surface area contributed by atoms with E-state index >= 15 is 0 Å². The van der Waals surface area contributed by atoms with Gasteiger partial charge in [-0.05, 0) is 46.1 Å². The Balaban J connectivity index is 1.87. The summed E-state index contributed by atoms with van der Waals surface area (Å²) >= 11 is 0. The van der Waals surface area contributed by atoms with Gasteiger partial charge in [0, 0.05) is 32.2 Å². The van der Waals surface area contributed by atoms with Crippen molar-refractivity contribution in [1.29, 1.82) is 0 Å². The molecule has 2 aliphatic heterocycles. The van der Waals surface area contributed by atoms with E-state index in [0.29, 0.717) is 12.0 Å². The summed E-state index contributed by atoms with van der Waals surface area (Å²) < 4.78 is 5.45. The normalized spacial score (nSPS) is 28.3. The van der Waals surface area contributed by atoms with Crippen LogP contribution in [0.15, 0.2) is 0 Å². The SMILES string of the molecule is CC(C)(C)OC(=O)N1CCN2CC(CCN)CC2C1. The summed E-state index contributed by atoms with van der Waals surface area (Å²) in [5.41, 5.74) is 5.23. The number of nitrogens with zero attached hydrogens (tertiary/aromatic N) is 2. The van der Waals surface area contributed by atoms with Crippen molar-refractivity contribution in [3.63, 3.8) is 0 Å². The molecule has 5 heteroatoms. The first-order valence-corrected chi connectivity index (χ1v) is 7.31. The molecule has 0 aromatic heterocycles. The van der Waals surface area contributed by atoms with Gasteiger partial charge in [0.15, 0.2) is 0 Å². The van der Waals surface area contributed by atoms with Crippen molar-refractivity contribution in [2.24, 2.45) is 11.7 Å². The molecule has 0 bridgehead atoms. The molecule has 2 fully saturated rings. The lowest BCUT2D eigenvalue weighted by molar-refractivity contribution is 0.00924. The quantitative estimate of drug-likeness (QED) is 0.820. The van der Waals surface area contributed by atoms with Crippen molar-refractivity contribution in [3.8, 4) is 0 Å². The van der Waals surface area contributed by atoms with Gasteiger partial charge < -0.3 is 15.4 Å². The summed E-state index contributed by atoms with van der Waals surface area (Å²) in [7, 11) is 0. The van der Waals surface area contributed by atoms with Crippen LogP contribution in [-0.2, 0) is 4.74 Å². The zero-order chi connectivity index (χ0) is 14.0. The Morgan fingerprint density at radius 1 is 1.32 bits per heavy atom. The predicted octanol–water partition coefficient (Wildman–Crippen LogP) is 1.28. The van der Waals surface area contributed by atoms with E-state index in [9.17, 15) is 4.79 Å². The van der Waals surface area contributed by atoms with E-state index in [2.05, 4.69) is 4.90 Å². The van der Waals surface area contributed by atoms with E-state index in [4.69, 9.17) is 10.5 Å². The van der Waals surface area contributed by atoms with Crippen LogP contribution in [0.1, 0.15) is 33.6 Å². The number of fused-ring (bicyclic) bond motifs is 1. The highest BCUT2D eigenvalue weighted by Crippen LogP contribution is 2.28. The van der Waals surface area contributed by atoms with E-state index in [-0.39, 0.29) is 6.09 Å². The molecular formula is C14H27N3O2. The second-order valence-corrected chi connectivity index (χ2v) is 6.75. The van der Waals surface area contributed by atoms with Crippen LogP contribution < -0.4 is 5.73 Å². The van der Waals surface area contributed by atoms with Crippen LogP contribution in [-0.4, -0.2) is 60.3 Å². The van der Waals surface area contributed by atoms with E-state index in [1.54, 1.807) is 0 Å². The Bertz CT molecular complexity index is 327. The summed E-state index contributed by atoms with van der Waals surface area (Å²) in [6, 6.07) is 0.498. The Morgan fingerprint density at radius 3 is 2.68 bits per heavy atom. The van der Waals surface area contributed by atoms with Crippen molar-refractivity contribution in [2.75, 3.05) is 32.7 Å². The number of amides is 1. The fourth-order valence-electron chi connectivity index (χ4n) is 3.08. The number of nitrogens with two attached hydrogens (primary N) is 1. The second-order valence-electron chi connectivity index (χ2n) is 6.75. The molecule has 0 aliphatic carbocycles. The molecule has 1 amide bonds. The first kappa shape index (κ1) is 14.6. The zero-order valence-electron chi connectivity index (χ0n) is 12.4. The van der Waals surface area contributed by atoms with Crippen molar-refractivity contribution in [2.45, 2.75) is 45.3 Å². The van der Waals surface area contributed by atoms with Crippen molar-refractivity contribution in [3.05, 3.63) is 0 Å². The molecule has 2 unspecified atom stereocenters. The van der Waals surface area contributed by atoms with E-state index < -0.39 is 5.60 Å². The summed E-state index contributed by atoms with van der Waals surface area (Å²) in [5, 5.41) is 0. The lowest BCUT2D eigenvalue weighted by atomic mass is 10.0. The molecule has 0 saturated carbocycles. The fourth-order valence-corrected chi connectivity index (χ4v) is 3.08.